The van der Waals surface area contributed by atoms with Crippen LogP contribution in [0.1, 0.15) is 11.3 Å². The fraction of sp³-hybridized carbons (Fsp3) is 0.444. The van der Waals surface area contributed by atoms with Crippen LogP contribution in [0.5, 0.6) is 5.75 Å². The van der Waals surface area contributed by atoms with E-state index >= 15 is 0 Å². The Kier molecular flexibility index (Phi) is 6.40. The van der Waals surface area contributed by atoms with Crippen LogP contribution in [0.4, 0.5) is 13.2 Å². The summed E-state index contributed by atoms with van der Waals surface area (Å²) in [6, 6.07) is 4.15. The maximum Gasteiger partial charge on any atom is 0.387 e. The number of nitrogens with zero attached hydrogens (tertiary/aromatic N) is 4. The SMILES string of the molecule is Fc1cc(CN2CCN(CCc3cnccn3)CC2)ccc1OC(F)F. The molecule has 1 aliphatic heterocycles. The fourth-order valence-corrected chi connectivity index (χ4v) is 3.00. The molecule has 0 unspecified atom stereocenters. The first-order valence-electron chi connectivity index (χ1n) is 8.53. The highest BCUT2D eigenvalue weighted by Gasteiger charge is 2.18. The average Bonchev–Trinajstić information content (AvgIpc) is 2.64. The summed E-state index contributed by atoms with van der Waals surface area (Å²) in [5, 5.41) is 0. The lowest BCUT2D eigenvalue weighted by Crippen LogP contribution is -2.46. The van der Waals surface area contributed by atoms with Gasteiger partial charge < -0.3 is 9.64 Å². The number of alkyl halides is 2. The van der Waals surface area contributed by atoms with Crippen molar-refractivity contribution in [3.05, 3.63) is 53.9 Å². The first kappa shape index (κ1) is 18.6. The van der Waals surface area contributed by atoms with Crippen molar-refractivity contribution < 1.29 is 17.9 Å². The molecule has 0 saturated carbocycles. The Bertz CT molecular complexity index is 694. The number of halogens is 3. The summed E-state index contributed by atoms with van der Waals surface area (Å²) >= 11 is 0. The molecule has 140 valence electrons. The molecule has 1 aromatic heterocycles. The van der Waals surface area contributed by atoms with Gasteiger partial charge in [0.15, 0.2) is 11.6 Å². The predicted octanol–water partition coefficient (Wildman–Crippen LogP) is 2.58. The van der Waals surface area contributed by atoms with Gasteiger partial charge in [-0.3, -0.25) is 14.9 Å². The number of hydrogen-bond acceptors (Lipinski definition) is 5. The van der Waals surface area contributed by atoms with Gasteiger partial charge in [-0.05, 0) is 17.7 Å². The highest BCUT2D eigenvalue weighted by Crippen LogP contribution is 2.21. The van der Waals surface area contributed by atoms with Gasteiger partial charge in [0.25, 0.3) is 0 Å². The largest absolute Gasteiger partial charge is 0.432 e. The fourth-order valence-electron chi connectivity index (χ4n) is 3.00. The van der Waals surface area contributed by atoms with Gasteiger partial charge in [0.1, 0.15) is 0 Å². The molecule has 0 amide bonds. The Morgan fingerprint density at radius 1 is 1.08 bits per heavy atom. The van der Waals surface area contributed by atoms with Crippen molar-refractivity contribution in [3.63, 3.8) is 0 Å². The molecule has 0 atom stereocenters. The Balaban J connectivity index is 1.44. The van der Waals surface area contributed by atoms with E-state index < -0.39 is 18.2 Å². The van der Waals surface area contributed by atoms with Crippen molar-refractivity contribution in [2.45, 2.75) is 19.6 Å². The molecular formula is C18H21F3N4O. The minimum atomic E-state index is -3.02. The molecule has 0 N–H and O–H groups in total. The lowest BCUT2D eigenvalue weighted by atomic mass is 10.1. The van der Waals surface area contributed by atoms with Crippen molar-refractivity contribution in [2.75, 3.05) is 32.7 Å². The van der Waals surface area contributed by atoms with Crippen molar-refractivity contribution >= 4 is 0 Å². The Morgan fingerprint density at radius 2 is 1.85 bits per heavy atom. The summed E-state index contributed by atoms with van der Waals surface area (Å²) in [6.07, 6.45) is 6.01. The third kappa shape index (κ3) is 5.40. The maximum absolute atomic E-state index is 13.8. The van der Waals surface area contributed by atoms with E-state index in [9.17, 15) is 13.2 Å². The molecule has 1 aromatic carbocycles. The summed E-state index contributed by atoms with van der Waals surface area (Å²) < 4.78 is 42.3. The van der Waals surface area contributed by atoms with Gasteiger partial charge >= 0.3 is 6.61 Å². The lowest BCUT2D eigenvalue weighted by Gasteiger charge is -2.34. The standard InChI is InChI=1S/C18H21F3N4O/c19-16-11-14(1-2-17(16)26-18(20)21)13-25-9-7-24(8-10-25)6-3-15-12-22-4-5-23-15/h1-2,4-5,11-12,18H,3,6-10,13H2. The highest BCUT2D eigenvalue weighted by atomic mass is 19.3. The zero-order chi connectivity index (χ0) is 18.4. The smallest absolute Gasteiger partial charge is 0.387 e. The number of ether oxygens (including phenoxy) is 1. The van der Waals surface area contributed by atoms with E-state index in [1.165, 1.54) is 12.1 Å². The maximum atomic E-state index is 13.8. The zero-order valence-corrected chi connectivity index (χ0v) is 14.3. The number of rotatable bonds is 7. The minimum Gasteiger partial charge on any atom is -0.432 e. The van der Waals surface area contributed by atoms with Crippen LogP contribution in [0.3, 0.4) is 0 Å². The van der Waals surface area contributed by atoms with E-state index in [0.717, 1.165) is 50.4 Å². The van der Waals surface area contributed by atoms with Crippen LogP contribution in [0, 0.1) is 5.82 Å². The number of piperazine rings is 1. The molecule has 0 aliphatic carbocycles. The van der Waals surface area contributed by atoms with E-state index in [-0.39, 0.29) is 0 Å². The van der Waals surface area contributed by atoms with Crippen LogP contribution in [0.25, 0.3) is 0 Å². The lowest BCUT2D eigenvalue weighted by molar-refractivity contribution is -0.0522. The quantitative estimate of drug-likeness (QED) is 0.753. The van der Waals surface area contributed by atoms with Crippen molar-refractivity contribution in [3.8, 4) is 5.75 Å². The third-order valence-electron chi connectivity index (χ3n) is 4.38. The predicted molar refractivity (Wildman–Crippen MR) is 90.5 cm³/mol. The molecule has 2 aromatic rings. The van der Waals surface area contributed by atoms with Gasteiger partial charge in [-0.1, -0.05) is 6.07 Å². The molecule has 0 bridgehead atoms. The number of hydrogen-bond donors (Lipinski definition) is 0. The Hall–Kier alpha value is -2.19. The van der Waals surface area contributed by atoms with Gasteiger partial charge in [-0.25, -0.2) is 4.39 Å². The number of aromatic nitrogens is 2. The molecule has 5 nitrogen and oxygen atoms in total. The summed E-state index contributed by atoms with van der Waals surface area (Å²) in [5.41, 5.74) is 1.73. The molecule has 3 rings (SSSR count). The number of benzene rings is 1. The van der Waals surface area contributed by atoms with Crippen molar-refractivity contribution in [2.24, 2.45) is 0 Å². The molecule has 0 radical (unpaired) electrons. The first-order valence-corrected chi connectivity index (χ1v) is 8.53. The molecule has 1 fully saturated rings. The summed E-state index contributed by atoms with van der Waals surface area (Å²) in [4.78, 5) is 12.9. The van der Waals surface area contributed by atoms with E-state index in [2.05, 4.69) is 24.5 Å². The normalized spacial score (nSPS) is 16.2. The van der Waals surface area contributed by atoms with Crippen LogP contribution in [-0.2, 0) is 13.0 Å². The second-order valence-corrected chi connectivity index (χ2v) is 6.21. The van der Waals surface area contributed by atoms with Gasteiger partial charge in [0.05, 0.1) is 5.69 Å². The molecule has 0 spiro atoms. The van der Waals surface area contributed by atoms with E-state index in [4.69, 9.17) is 0 Å². The molecule has 26 heavy (non-hydrogen) atoms. The molecule has 2 heterocycles. The topological polar surface area (TPSA) is 41.5 Å². The van der Waals surface area contributed by atoms with Crippen molar-refractivity contribution in [1.82, 2.24) is 19.8 Å². The van der Waals surface area contributed by atoms with Gasteiger partial charge in [-0.15, -0.1) is 0 Å². The van der Waals surface area contributed by atoms with Crippen molar-refractivity contribution in [1.29, 1.82) is 0 Å². The van der Waals surface area contributed by atoms with Crippen LogP contribution >= 0.6 is 0 Å². The van der Waals surface area contributed by atoms with Crippen LogP contribution in [0.15, 0.2) is 36.8 Å². The molecule has 1 saturated heterocycles. The third-order valence-corrected chi connectivity index (χ3v) is 4.38. The first-order chi connectivity index (χ1) is 12.6. The van der Waals surface area contributed by atoms with Crippen LogP contribution in [0.2, 0.25) is 0 Å². The minimum absolute atomic E-state index is 0.419. The van der Waals surface area contributed by atoms with Crippen LogP contribution < -0.4 is 4.74 Å². The van der Waals surface area contributed by atoms with Gasteiger partial charge in [0, 0.05) is 64.3 Å². The summed E-state index contributed by atoms with van der Waals surface area (Å²) in [7, 11) is 0. The second-order valence-electron chi connectivity index (χ2n) is 6.21. The highest BCUT2D eigenvalue weighted by molar-refractivity contribution is 5.29. The summed E-state index contributed by atoms with van der Waals surface area (Å²) in [5.74, 6) is -1.18. The second kappa shape index (κ2) is 8.95. The molecule has 8 heteroatoms. The van der Waals surface area contributed by atoms with E-state index in [0.29, 0.717) is 6.54 Å². The summed E-state index contributed by atoms with van der Waals surface area (Å²) in [6.45, 7) is 2.09. The average molecular weight is 366 g/mol. The monoisotopic (exact) mass is 366 g/mol. The van der Waals surface area contributed by atoms with Gasteiger partial charge in [0.2, 0.25) is 0 Å². The van der Waals surface area contributed by atoms with Crippen LogP contribution in [-0.4, -0.2) is 59.1 Å². The van der Waals surface area contributed by atoms with E-state index in [1.807, 2.05) is 0 Å². The van der Waals surface area contributed by atoms with E-state index in [1.54, 1.807) is 24.7 Å². The molecular weight excluding hydrogens is 345 g/mol. The molecule has 1 aliphatic rings. The zero-order valence-electron chi connectivity index (χ0n) is 14.3. The Morgan fingerprint density at radius 3 is 2.50 bits per heavy atom. The Labute approximate surface area is 150 Å². The van der Waals surface area contributed by atoms with Gasteiger partial charge in [-0.2, -0.15) is 8.78 Å².